The second-order valence-electron chi connectivity index (χ2n) is 8.90. The Balaban J connectivity index is 1.31. The SMILES string of the molecule is N#CCN(C(=O)COC(=O)C1CCN(S(=O)(=O)c2ccc3c(c2)CCCC3)CC1)c1ccccc1. The number of hydrogen-bond acceptors (Lipinski definition) is 6. The molecule has 0 N–H and O–H groups in total. The molecule has 1 aliphatic carbocycles. The number of amides is 1. The number of fused-ring (bicyclic) bond motifs is 1. The molecule has 0 saturated carbocycles. The fourth-order valence-electron chi connectivity index (χ4n) is 4.68. The Morgan fingerprint density at radius 1 is 1.03 bits per heavy atom. The first-order valence-electron chi connectivity index (χ1n) is 11.9. The number of piperidine rings is 1. The molecule has 0 radical (unpaired) electrons. The standard InChI is InChI=1S/C26H29N3O5S/c27-14-17-29(23-8-2-1-3-9-23)25(30)19-34-26(31)21-12-15-28(16-13-21)35(32,33)24-11-10-20-6-4-5-7-22(20)18-24/h1-3,8-11,18,21H,4-7,12-13,15-17,19H2. The summed E-state index contributed by atoms with van der Waals surface area (Å²) < 4.78 is 33.0. The van der Waals surface area contributed by atoms with Crippen LogP contribution in [-0.4, -0.2) is 50.8 Å². The third-order valence-electron chi connectivity index (χ3n) is 6.68. The number of nitriles is 1. The number of sulfonamides is 1. The number of aryl methyl sites for hydroxylation is 2. The number of nitrogens with zero attached hydrogens (tertiary/aromatic N) is 3. The van der Waals surface area contributed by atoms with E-state index in [-0.39, 0.29) is 19.6 Å². The fraction of sp³-hybridized carbons (Fsp3) is 0.423. The van der Waals surface area contributed by atoms with Crippen molar-refractivity contribution in [2.75, 3.05) is 31.1 Å². The smallest absolute Gasteiger partial charge is 0.309 e. The van der Waals surface area contributed by atoms with Crippen molar-refractivity contribution in [3.63, 3.8) is 0 Å². The Hall–Kier alpha value is -3.22. The molecular formula is C26H29N3O5S. The van der Waals surface area contributed by atoms with Gasteiger partial charge in [-0.2, -0.15) is 9.57 Å². The number of para-hydroxylation sites is 1. The molecule has 8 nitrogen and oxygen atoms in total. The van der Waals surface area contributed by atoms with Gasteiger partial charge in [-0.3, -0.25) is 14.5 Å². The third kappa shape index (κ3) is 5.72. The molecule has 1 aliphatic heterocycles. The Kier molecular flexibility index (Phi) is 7.83. The van der Waals surface area contributed by atoms with E-state index in [2.05, 4.69) is 0 Å². The molecule has 1 saturated heterocycles. The summed E-state index contributed by atoms with van der Waals surface area (Å²) in [6.45, 7) is -0.183. The monoisotopic (exact) mass is 495 g/mol. The summed E-state index contributed by atoms with van der Waals surface area (Å²) in [5.41, 5.74) is 2.89. The molecule has 1 heterocycles. The molecule has 35 heavy (non-hydrogen) atoms. The number of carbonyl (C=O) groups excluding carboxylic acids is 2. The van der Waals surface area contributed by atoms with Crippen LogP contribution in [-0.2, 0) is 37.2 Å². The molecule has 2 aromatic rings. The number of esters is 1. The molecule has 9 heteroatoms. The number of rotatable bonds is 7. The maximum atomic E-state index is 13.2. The lowest BCUT2D eigenvalue weighted by Gasteiger charge is -2.30. The lowest BCUT2D eigenvalue weighted by molar-refractivity contribution is -0.153. The van der Waals surface area contributed by atoms with Crippen molar-refractivity contribution in [3.05, 3.63) is 59.7 Å². The maximum Gasteiger partial charge on any atom is 0.309 e. The van der Waals surface area contributed by atoms with Crippen LogP contribution in [0.4, 0.5) is 5.69 Å². The van der Waals surface area contributed by atoms with Crippen molar-refractivity contribution in [2.24, 2.45) is 5.92 Å². The molecule has 0 spiro atoms. The van der Waals surface area contributed by atoms with Crippen LogP contribution >= 0.6 is 0 Å². The fourth-order valence-corrected chi connectivity index (χ4v) is 6.20. The van der Waals surface area contributed by atoms with Crippen LogP contribution in [0.25, 0.3) is 0 Å². The van der Waals surface area contributed by atoms with Crippen LogP contribution in [0, 0.1) is 17.2 Å². The van der Waals surface area contributed by atoms with Crippen molar-refractivity contribution in [2.45, 2.75) is 43.4 Å². The molecule has 1 fully saturated rings. The lowest BCUT2D eigenvalue weighted by atomic mass is 9.92. The number of hydrogen-bond donors (Lipinski definition) is 0. The summed E-state index contributed by atoms with van der Waals surface area (Å²) in [4.78, 5) is 26.7. The number of anilines is 1. The van der Waals surface area contributed by atoms with Crippen LogP contribution in [0.3, 0.4) is 0 Å². The van der Waals surface area contributed by atoms with Gasteiger partial charge in [0.05, 0.1) is 16.9 Å². The zero-order valence-electron chi connectivity index (χ0n) is 19.6. The molecule has 4 rings (SSSR count). The highest BCUT2D eigenvalue weighted by atomic mass is 32.2. The van der Waals surface area contributed by atoms with E-state index in [1.165, 1.54) is 14.8 Å². The predicted molar refractivity (Wildman–Crippen MR) is 130 cm³/mol. The van der Waals surface area contributed by atoms with Crippen LogP contribution in [0.1, 0.15) is 36.8 Å². The normalized spacial score (nSPS) is 16.7. The van der Waals surface area contributed by atoms with Crippen LogP contribution in [0.5, 0.6) is 0 Å². The van der Waals surface area contributed by atoms with Crippen molar-refractivity contribution in [3.8, 4) is 6.07 Å². The first-order chi connectivity index (χ1) is 16.9. The Morgan fingerprint density at radius 2 is 1.71 bits per heavy atom. The Bertz CT molecular complexity index is 1220. The molecule has 0 unspecified atom stereocenters. The van der Waals surface area contributed by atoms with E-state index in [4.69, 9.17) is 10.00 Å². The van der Waals surface area contributed by atoms with E-state index in [9.17, 15) is 18.0 Å². The van der Waals surface area contributed by atoms with E-state index in [0.717, 1.165) is 31.2 Å². The zero-order chi connectivity index (χ0) is 24.8. The summed E-state index contributed by atoms with van der Waals surface area (Å²) in [7, 11) is -3.63. The number of benzene rings is 2. The summed E-state index contributed by atoms with van der Waals surface area (Å²) in [5, 5.41) is 9.05. The molecule has 184 valence electrons. The molecule has 0 bridgehead atoms. The quantitative estimate of drug-likeness (QED) is 0.432. The lowest BCUT2D eigenvalue weighted by Crippen LogP contribution is -2.41. The van der Waals surface area contributed by atoms with E-state index >= 15 is 0 Å². The minimum Gasteiger partial charge on any atom is -0.455 e. The molecule has 0 aromatic heterocycles. The van der Waals surface area contributed by atoms with Gasteiger partial charge in [0.15, 0.2) is 6.61 Å². The number of ether oxygens (including phenoxy) is 1. The van der Waals surface area contributed by atoms with Crippen molar-refractivity contribution in [1.82, 2.24) is 4.31 Å². The molecule has 1 amide bonds. The average Bonchev–Trinajstić information content (AvgIpc) is 2.90. The Morgan fingerprint density at radius 3 is 2.40 bits per heavy atom. The summed E-state index contributed by atoms with van der Waals surface area (Å²) in [6.07, 6.45) is 4.77. The van der Waals surface area contributed by atoms with Gasteiger partial charge in [-0.05, 0) is 73.9 Å². The van der Waals surface area contributed by atoms with Gasteiger partial charge in [0.25, 0.3) is 5.91 Å². The minimum absolute atomic E-state index is 0.153. The minimum atomic E-state index is -3.63. The maximum absolute atomic E-state index is 13.2. The van der Waals surface area contributed by atoms with E-state index in [1.54, 1.807) is 42.5 Å². The van der Waals surface area contributed by atoms with E-state index < -0.39 is 34.4 Å². The van der Waals surface area contributed by atoms with Gasteiger partial charge in [-0.25, -0.2) is 8.42 Å². The summed E-state index contributed by atoms with van der Waals surface area (Å²) in [6, 6.07) is 16.1. The van der Waals surface area contributed by atoms with Crippen molar-refractivity contribution < 1.29 is 22.7 Å². The van der Waals surface area contributed by atoms with Gasteiger partial charge in [0.2, 0.25) is 10.0 Å². The van der Waals surface area contributed by atoms with Gasteiger partial charge in [-0.15, -0.1) is 0 Å². The predicted octanol–water partition coefficient (Wildman–Crippen LogP) is 3.07. The molecular weight excluding hydrogens is 466 g/mol. The van der Waals surface area contributed by atoms with E-state index in [1.807, 2.05) is 12.1 Å². The first-order valence-corrected chi connectivity index (χ1v) is 13.3. The average molecular weight is 496 g/mol. The molecule has 2 aromatic carbocycles. The van der Waals surface area contributed by atoms with Crippen molar-refractivity contribution >= 4 is 27.6 Å². The third-order valence-corrected chi connectivity index (χ3v) is 8.58. The zero-order valence-corrected chi connectivity index (χ0v) is 20.4. The summed E-state index contributed by atoms with van der Waals surface area (Å²) >= 11 is 0. The molecule has 2 aliphatic rings. The van der Waals surface area contributed by atoms with Crippen LogP contribution < -0.4 is 4.90 Å². The summed E-state index contributed by atoms with van der Waals surface area (Å²) in [5.74, 6) is -1.48. The number of carbonyl (C=O) groups is 2. The van der Waals surface area contributed by atoms with Gasteiger partial charge >= 0.3 is 5.97 Å². The van der Waals surface area contributed by atoms with Gasteiger partial charge in [-0.1, -0.05) is 24.3 Å². The highest BCUT2D eigenvalue weighted by Gasteiger charge is 2.33. The van der Waals surface area contributed by atoms with Crippen LogP contribution in [0.2, 0.25) is 0 Å². The van der Waals surface area contributed by atoms with Crippen LogP contribution in [0.15, 0.2) is 53.4 Å². The second-order valence-corrected chi connectivity index (χ2v) is 10.8. The highest BCUT2D eigenvalue weighted by Crippen LogP contribution is 2.28. The van der Waals surface area contributed by atoms with Crippen molar-refractivity contribution in [1.29, 1.82) is 5.26 Å². The first kappa shape index (κ1) is 24.9. The Labute approximate surface area is 206 Å². The largest absolute Gasteiger partial charge is 0.455 e. The van der Waals surface area contributed by atoms with Gasteiger partial charge in [0.1, 0.15) is 6.54 Å². The van der Waals surface area contributed by atoms with Gasteiger partial charge < -0.3 is 4.74 Å². The molecule has 0 atom stereocenters. The topological polar surface area (TPSA) is 108 Å². The second kappa shape index (κ2) is 11.0. The highest BCUT2D eigenvalue weighted by molar-refractivity contribution is 7.89. The van der Waals surface area contributed by atoms with Gasteiger partial charge in [0, 0.05) is 18.8 Å². The van der Waals surface area contributed by atoms with E-state index in [0.29, 0.717) is 23.4 Å².